The number of hydrogen-bond acceptors (Lipinski definition) is 5. The van der Waals surface area contributed by atoms with Crippen molar-refractivity contribution >= 4 is 30.8 Å². The molecule has 36 heavy (non-hydrogen) atoms. The highest BCUT2D eigenvalue weighted by Crippen LogP contribution is 2.37. The highest BCUT2D eigenvalue weighted by molar-refractivity contribution is 6.99. The van der Waals surface area contributed by atoms with Crippen molar-refractivity contribution in [3.05, 3.63) is 72.3 Å². The van der Waals surface area contributed by atoms with Crippen LogP contribution in [0.15, 0.2) is 72.3 Å². The average Bonchev–Trinajstić information content (AvgIpc) is 2.80. The van der Waals surface area contributed by atoms with Crippen LogP contribution in [0, 0.1) is 0 Å². The molecule has 0 aliphatic carbocycles. The van der Waals surface area contributed by atoms with Gasteiger partial charge in [0.15, 0.2) is 0 Å². The summed E-state index contributed by atoms with van der Waals surface area (Å²) in [6.45, 7) is 15.7. The second-order valence-corrected chi connectivity index (χ2v) is 15.1. The standard InChI is InChI=1S/C29H41NO5Si/c1-9-23(22(2)34-26(31)20-30-27(32)35-28(3,4)5)21-33-36(29(6,7)8,24-16-12-10-13-17-24)25-18-14-11-15-19-25/h9-19,22H,20-21H2,1-8H3,(H,30,32)/b23-9+/t22-/m0/s1. The second kappa shape index (κ2) is 12.4. The molecule has 1 N–H and O–H groups in total. The van der Waals surface area contributed by atoms with Crippen LogP contribution in [-0.2, 0) is 18.7 Å². The van der Waals surface area contributed by atoms with Crippen LogP contribution in [0.3, 0.4) is 0 Å². The first-order chi connectivity index (χ1) is 16.8. The van der Waals surface area contributed by atoms with E-state index in [9.17, 15) is 9.59 Å². The Bertz CT molecular complexity index is 984. The third-order valence-corrected chi connectivity index (χ3v) is 10.8. The molecule has 1 atom stereocenters. The lowest BCUT2D eigenvalue weighted by Gasteiger charge is -2.43. The van der Waals surface area contributed by atoms with Crippen LogP contribution in [0.25, 0.3) is 0 Å². The molecular formula is C29H41NO5Si. The quantitative estimate of drug-likeness (QED) is 0.292. The summed E-state index contributed by atoms with van der Waals surface area (Å²) in [6.07, 6.45) is 0.756. The zero-order valence-corrected chi connectivity index (χ0v) is 23.9. The molecule has 0 bridgehead atoms. The molecule has 0 saturated carbocycles. The van der Waals surface area contributed by atoms with Crippen molar-refractivity contribution < 1.29 is 23.5 Å². The summed E-state index contributed by atoms with van der Waals surface area (Å²) in [5.41, 5.74) is 0.214. The predicted molar refractivity (Wildman–Crippen MR) is 147 cm³/mol. The summed E-state index contributed by atoms with van der Waals surface area (Å²) in [7, 11) is -2.72. The van der Waals surface area contributed by atoms with Crippen molar-refractivity contribution in [1.29, 1.82) is 0 Å². The number of carbonyl (C=O) groups is 2. The van der Waals surface area contributed by atoms with Gasteiger partial charge in [0.25, 0.3) is 8.32 Å². The molecule has 0 aliphatic rings. The van der Waals surface area contributed by atoms with Gasteiger partial charge in [-0.05, 0) is 55.6 Å². The van der Waals surface area contributed by atoms with Crippen LogP contribution in [0.4, 0.5) is 4.79 Å². The minimum atomic E-state index is -2.72. The number of alkyl carbamates (subject to hydrolysis) is 1. The smallest absolute Gasteiger partial charge is 0.408 e. The first-order valence-corrected chi connectivity index (χ1v) is 14.3. The van der Waals surface area contributed by atoms with E-state index in [0.717, 1.165) is 5.57 Å². The van der Waals surface area contributed by atoms with Gasteiger partial charge in [-0.3, -0.25) is 4.79 Å². The largest absolute Gasteiger partial charge is 0.457 e. The predicted octanol–water partition coefficient (Wildman–Crippen LogP) is 4.97. The SMILES string of the molecule is C/C=C(\CO[Si](c1ccccc1)(c1ccccc1)C(C)(C)C)[C@H](C)OC(=O)CNC(=O)OC(C)(C)C. The fourth-order valence-corrected chi connectivity index (χ4v) is 8.70. The third kappa shape index (κ3) is 7.80. The van der Waals surface area contributed by atoms with E-state index >= 15 is 0 Å². The van der Waals surface area contributed by atoms with Gasteiger partial charge in [-0.2, -0.15) is 0 Å². The van der Waals surface area contributed by atoms with Crippen LogP contribution in [-0.4, -0.2) is 45.2 Å². The van der Waals surface area contributed by atoms with Crippen LogP contribution < -0.4 is 15.7 Å². The summed E-state index contributed by atoms with van der Waals surface area (Å²) in [6, 6.07) is 20.8. The van der Waals surface area contributed by atoms with E-state index in [0.29, 0.717) is 6.61 Å². The maximum absolute atomic E-state index is 12.4. The van der Waals surface area contributed by atoms with Gasteiger partial charge in [0.05, 0.1) is 6.61 Å². The molecule has 0 radical (unpaired) electrons. The number of amides is 1. The van der Waals surface area contributed by atoms with Crippen LogP contribution >= 0.6 is 0 Å². The summed E-state index contributed by atoms with van der Waals surface area (Å²) >= 11 is 0. The molecule has 0 saturated heterocycles. The van der Waals surface area contributed by atoms with Gasteiger partial charge in [0, 0.05) is 0 Å². The highest BCUT2D eigenvalue weighted by atomic mass is 28.4. The Kier molecular flexibility index (Phi) is 10.1. The summed E-state index contributed by atoms with van der Waals surface area (Å²) < 4.78 is 17.7. The molecular weight excluding hydrogens is 470 g/mol. The third-order valence-electron chi connectivity index (χ3n) is 5.85. The van der Waals surface area contributed by atoms with Crippen LogP contribution in [0.1, 0.15) is 55.4 Å². The van der Waals surface area contributed by atoms with Gasteiger partial charge < -0.3 is 19.2 Å². The molecule has 0 aromatic heterocycles. The monoisotopic (exact) mass is 511 g/mol. The van der Waals surface area contributed by atoms with Crippen molar-refractivity contribution in [1.82, 2.24) is 5.32 Å². The van der Waals surface area contributed by atoms with Crippen molar-refractivity contribution in [3.63, 3.8) is 0 Å². The molecule has 6 nitrogen and oxygen atoms in total. The number of allylic oxidation sites excluding steroid dienone is 1. The van der Waals surface area contributed by atoms with E-state index < -0.39 is 32.1 Å². The van der Waals surface area contributed by atoms with E-state index in [1.54, 1.807) is 20.8 Å². The van der Waals surface area contributed by atoms with Crippen LogP contribution in [0.2, 0.25) is 5.04 Å². The molecule has 1 amide bonds. The molecule has 7 heteroatoms. The Morgan fingerprint density at radius 3 is 1.83 bits per heavy atom. The Labute approximate surface area is 217 Å². The van der Waals surface area contributed by atoms with Gasteiger partial charge in [-0.15, -0.1) is 0 Å². The normalized spacial score (nSPS) is 13.6. The summed E-state index contributed by atoms with van der Waals surface area (Å²) in [5.74, 6) is -0.543. The molecule has 2 aromatic carbocycles. The molecule has 0 spiro atoms. The number of nitrogens with one attached hydrogen (secondary N) is 1. The van der Waals surface area contributed by atoms with E-state index in [1.807, 2.05) is 56.3 Å². The zero-order valence-electron chi connectivity index (χ0n) is 22.9. The Hall–Kier alpha value is -2.90. The lowest BCUT2D eigenvalue weighted by molar-refractivity contribution is -0.145. The molecule has 0 aliphatic heterocycles. The van der Waals surface area contributed by atoms with Crippen molar-refractivity contribution in [2.75, 3.05) is 13.2 Å². The van der Waals surface area contributed by atoms with E-state index in [1.165, 1.54) is 10.4 Å². The van der Waals surface area contributed by atoms with Gasteiger partial charge in [-0.1, -0.05) is 87.5 Å². The number of carbonyl (C=O) groups excluding carboxylic acids is 2. The van der Waals surface area contributed by atoms with Gasteiger partial charge >= 0.3 is 12.1 Å². The lowest BCUT2D eigenvalue weighted by Crippen LogP contribution is -2.66. The second-order valence-electron chi connectivity index (χ2n) is 10.8. The highest BCUT2D eigenvalue weighted by Gasteiger charge is 2.50. The number of hydrogen-bond donors (Lipinski definition) is 1. The van der Waals surface area contributed by atoms with Gasteiger partial charge in [-0.25, -0.2) is 4.79 Å². The Balaban J connectivity index is 2.20. The number of rotatable bonds is 9. The molecule has 0 fully saturated rings. The minimum Gasteiger partial charge on any atom is -0.457 e. The molecule has 0 unspecified atom stereocenters. The zero-order chi connectivity index (χ0) is 27.0. The van der Waals surface area contributed by atoms with Crippen molar-refractivity contribution in [3.8, 4) is 0 Å². The van der Waals surface area contributed by atoms with Gasteiger partial charge in [0.2, 0.25) is 0 Å². The number of ether oxygens (including phenoxy) is 2. The molecule has 0 heterocycles. The first-order valence-electron chi connectivity index (χ1n) is 12.4. The Morgan fingerprint density at radius 2 is 1.42 bits per heavy atom. The number of benzene rings is 2. The lowest BCUT2D eigenvalue weighted by atomic mass is 10.2. The van der Waals surface area contributed by atoms with Crippen LogP contribution in [0.5, 0.6) is 0 Å². The summed E-state index contributed by atoms with van der Waals surface area (Å²) in [5, 5.41) is 4.65. The van der Waals surface area contributed by atoms with E-state index in [2.05, 4.69) is 50.4 Å². The topological polar surface area (TPSA) is 73.9 Å². The maximum atomic E-state index is 12.4. The average molecular weight is 512 g/mol. The van der Waals surface area contributed by atoms with Crippen molar-refractivity contribution in [2.24, 2.45) is 0 Å². The van der Waals surface area contributed by atoms with E-state index in [4.69, 9.17) is 13.9 Å². The molecule has 2 rings (SSSR count). The molecule has 2 aromatic rings. The summed E-state index contributed by atoms with van der Waals surface area (Å²) in [4.78, 5) is 24.2. The molecule has 196 valence electrons. The first kappa shape index (κ1) is 29.3. The van der Waals surface area contributed by atoms with Crippen molar-refractivity contribution in [2.45, 2.75) is 72.1 Å². The fourth-order valence-electron chi connectivity index (χ4n) is 4.16. The minimum absolute atomic E-state index is 0.161. The number of esters is 1. The maximum Gasteiger partial charge on any atom is 0.408 e. The Morgan fingerprint density at radius 1 is 0.917 bits per heavy atom. The fraction of sp³-hybridized carbons (Fsp3) is 0.448. The van der Waals surface area contributed by atoms with Gasteiger partial charge in [0.1, 0.15) is 18.2 Å². The van der Waals surface area contributed by atoms with E-state index in [-0.39, 0.29) is 11.6 Å².